The van der Waals surface area contributed by atoms with E-state index < -0.39 is 165 Å². The SMILES string of the molecule is C[C@H]1O[C@@H](OC[C@H]2O[C@@H](Oc3c(-c4ccc(O)cc4)oc4cc(O[C@@H]5O[C@H](CO)[C@@H](O)[C@H](O)[C@@H]5O)cc(O)c4c3=O)[C@H](O[C@H]3OC[C@H](O)[C@@H](O)[C@H]3O)[C@H](O)[C@@H]2O)[C@H](O)[C@@H](O)[C@H]1O. The molecule has 5 heterocycles. The molecule has 0 bridgehead atoms. The summed E-state index contributed by atoms with van der Waals surface area (Å²) in [6.07, 6.45) is -32.7. The first-order valence-corrected chi connectivity index (χ1v) is 19.3. The monoisotopic (exact) mass is 888 g/mol. The summed E-state index contributed by atoms with van der Waals surface area (Å²) in [5.41, 5.74) is -1.45. The number of phenols is 2. The van der Waals surface area contributed by atoms with Crippen molar-refractivity contribution in [3.05, 3.63) is 46.6 Å². The second-order valence-electron chi connectivity index (χ2n) is 15.3. The Balaban J connectivity index is 1.26. The zero-order chi connectivity index (χ0) is 44.9. The number of hydrogen-bond donors (Lipinski definition) is 14. The van der Waals surface area contributed by atoms with Gasteiger partial charge in [0, 0.05) is 17.7 Å². The Kier molecular flexibility index (Phi) is 13.9. The molecule has 0 saturated carbocycles. The van der Waals surface area contributed by atoms with Crippen LogP contribution in [0.15, 0.2) is 45.6 Å². The molecule has 0 radical (unpaired) electrons. The summed E-state index contributed by atoms with van der Waals surface area (Å²) < 4.78 is 51.4. The number of hydrogen-bond acceptors (Lipinski definition) is 24. The Morgan fingerprint density at radius 1 is 0.661 bits per heavy atom. The zero-order valence-electron chi connectivity index (χ0n) is 32.4. The van der Waals surface area contributed by atoms with Crippen molar-refractivity contribution in [2.75, 3.05) is 19.8 Å². The minimum Gasteiger partial charge on any atom is -0.508 e. The highest BCUT2D eigenvalue weighted by Gasteiger charge is 2.52. The van der Waals surface area contributed by atoms with Gasteiger partial charge in [0.05, 0.1) is 25.9 Å². The molecule has 0 amide bonds. The summed E-state index contributed by atoms with van der Waals surface area (Å²) in [6.45, 7) is -0.652. The predicted octanol–water partition coefficient (Wildman–Crippen LogP) is -5.46. The molecule has 3 aromatic rings. The molecule has 344 valence electrons. The van der Waals surface area contributed by atoms with Gasteiger partial charge in [-0.2, -0.15) is 0 Å². The largest absolute Gasteiger partial charge is 0.508 e. The van der Waals surface area contributed by atoms with Gasteiger partial charge < -0.3 is 114 Å². The van der Waals surface area contributed by atoms with Crippen molar-refractivity contribution >= 4 is 11.0 Å². The third kappa shape index (κ3) is 8.94. The number of ether oxygens (including phenoxy) is 8. The molecule has 24 nitrogen and oxygen atoms in total. The van der Waals surface area contributed by atoms with Crippen LogP contribution in [0.3, 0.4) is 0 Å². The highest BCUT2D eigenvalue weighted by Crippen LogP contribution is 2.39. The molecular weight excluding hydrogens is 840 g/mol. The predicted molar refractivity (Wildman–Crippen MR) is 198 cm³/mol. The smallest absolute Gasteiger partial charge is 0.239 e. The molecule has 2 aromatic carbocycles. The van der Waals surface area contributed by atoms with Gasteiger partial charge in [-0.15, -0.1) is 0 Å². The maximum atomic E-state index is 14.5. The number of benzene rings is 2. The molecule has 0 spiro atoms. The molecule has 4 aliphatic heterocycles. The Labute approximate surface area is 349 Å². The zero-order valence-corrected chi connectivity index (χ0v) is 32.4. The first-order chi connectivity index (χ1) is 29.4. The van der Waals surface area contributed by atoms with Crippen LogP contribution < -0.4 is 14.9 Å². The lowest BCUT2D eigenvalue weighted by atomic mass is 9.98. The molecule has 19 atom stereocenters. The molecule has 4 fully saturated rings. The standard InChI is InChI=1S/C38H48O24/c1-11-21(43)26(48)30(52)35(56-11)55-10-19-24(46)28(50)34(62-36-29(51)22(44)16(42)9-54-36)38(60-19)61-33-25(47)20-15(41)6-14(57-37-31(53)27(49)23(45)18(8-39)59-37)7-17(20)58-32(33)12-2-4-13(40)5-3-12/h2-7,11,16,18-19,21-24,26-31,34-46,48-53H,8-10H2,1H3/t11-,16+,18-,19-,21+,22-,23-,24-,26+,27+,28-,29-,30-,31+,34-,35-,36-,37-,38+/m1/s1. The second kappa shape index (κ2) is 18.7. The van der Waals surface area contributed by atoms with Crippen LogP contribution >= 0.6 is 0 Å². The van der Waals surface area contributed by atoms with Crippen molar-refractivity contribution < 1.29 is 114 Å². The fraction of sp³-hybridized carbons (Fsp3) is 0.605. The van der Waals surface area contributed by atoms with E-state index in [-0.39, 0.29) is 22.6 Å². The summed E-state index contributed by atoms with van der Waals surface area (Å²) in [4.78, 5) is 14.5. The maximum absolute atomic E-state index is 14.5. The molecule has 14 N–H and O–H groups in total. The van der Waals surface area contributed by atoms with Gasteiger partial charge in [0.1, 0.15) is 108 Å². The summed E-state index contributed by atoms with van der Waals surface area (Å²) in [5.74, 6) is -2.50. The Hall–Kier alpha value is -3.87. The van der Waals surface area contributed by atoms with Crippen molar-refractivity contribution in [3.63, 3.8) is 0 Å². The second-order valence-corrected chi connectivity index (χ2v) is 15.3. The van der Waals surface area contributed by atoms with Crippen LogP contribution in [0.25, 0.3) is 22.3 Å². The van der Waals surface area contributed by atoms with Crippen LogP contribution in [0.5, 0.6) is 23.0 Å². The van der Waals surface area contributed by atoms with Crippen molar-refractivity contribution in [3.8, 4) is 34.3 Å². The molecule has 1 aromatic heterocycles. The highest BCUT2D eigenvalue weighted by atomic mass is 16.8. The Bertz CT molecular complexity index is 2050. The summed E-state index contributed by atoms with van der Waals surface area (Å²) in [7, 11) is 0. The third-order valence-corrected chi connectivity index (χ3v) is 11.0. The number of phenolic OH excluding ortho intramolecular Hbond substituents is 2. The van der Waals surface area contributed by atoms with E-state index in [1.54, 1.807) is 0 Å². The van der Waals surface area contributed by atoms with Gasteiger partial charge >= 0.3 is 0 Å². The van der Waals surface area contributed by atoms with Gasteiger partial charge in [0.2, 0.25) is 23.8 Å². The first-order valence-electron chi connectivity index (χ1n) is 19.3. The number of fused-ring (bicyclic) bond motifs is 1. The van der Waals surface area contributed by atoms with Crippen molar-refractivity contribution in [1.82, 2.24) is 0 Å². The normalized spacial score (nSPS) is 40.3. The van der Waals surface area contributed by atoms with E-state index in [0.29, 0.717) is 0 Å². The number of rotatable bonds is 11. The fourth-order valence-electron chi connectivity index (χ4n) is 7.33. The number of aliphatic hydroxyl groups excluding tert-OH is 12. The van der Waals surface area contributed by atoms with E-state index in [1.165, 1.54) is 31.2 Å². The average molecular weight is 889 g/mol. The number of aromatic hydroxyl groups is 2. The minimum absolute atomic E-state index is 0.0479. The van der Waals surface area contributed by atoms with Crippen LogP contribution in [0.1, 0.15) is 6.92 Å². The van der Waals surface area contributed by atoms with Crippen LogP contribution in [0.4, 0.5) is 0 Å². The summed E-state index contributed by atoms with van der Waals surface area (Å²) in [5, 5.41) is 146. The van der Waals surface area contributed by atoms with Crippen LogP contribution in [0, 0.1) is 0 Å². The molecular formula is C38H48O24. The lowest BCUT2D eigenvalue weighted by Gasteiger charge is -2.45. The van der Waals surface area contributed by atoms with E-state index >= 15 is 0 Å². The summed E-state index contributed by atoms with van der Waals surface area (Å²) >= 11 is 0. The average Bonchev–Trinajstić information content (AvgIpc) is 3.24. The first kappa shape index (κ1) is 46.1. The lowest BCUT2D eigenvalue weighted by molar-refractivity contribution is -0.352. The van der Waals surface area contributed by atoms with Crippen LogP contribution in [-0.2, 0) is 28.4 Å². The van der Waals surface area contributed by atoms with Crippen LogP contribution in [-0.4, -0.2) is 208 Å². The topological polar surface area (TPSA) is 387 Å². The van der Waals surface area contributed by atoms with Crippen LogP contribution in [0.2, 0.25) is 0 Å². The van der Waals surface area contributed by atoms with Gasteiger partial charge in [-0.05, 0) is 31.2 Å². The lowest BCUT2D eigenvalue weighted by Crippen LogP contribution is -2.64. The highest BCUT2D eigenvalue weighted by molar-refractivity contribution is 5.88. The van der Waals surface area contributed by atoms with E-state index in [9.17, 15) is 76.3 Å². The third-order valence-electron chi connectivity index (χ3n) is 11.0. The van der Waals surface area contributed by atoms with E-state index in [0.717, 1.165) is 12.1 Å². The van der Waals surface area contributed by atoms with Crippen molar-refractivity contribution in [2.45, 2.75) is 124 Å². The van der Waals surface area contributed by atoms with Gasteiger partial charge in [-0.1, -0.05) is 0 Å². The van der Waals surface area contributed by atoms with Gasteiger partial charge in [0.15, 0.2) is 24.4 Å². The Morgan fingerprint density at radius 3 is 1.98 bits per heavy atom. The van der Waals surface area contributed by atoms with E-state index in [1.807, 2.05) is 0 Å². The molecule has 4 saturated heterocycles. The molecule has 7 rings (SSSR count). The van der Waals surface area contributed by atoms with Gasteiger partial charge in [-0.25, -0.2) is 0 Å². The molecule has 4 aliphatic rings. The minimum atomic E-state index is -2.06. The molecule has 0 unspecified atom stereocenters. The quantitative estimate of drug-likeness (QED) is 0.0854. The maximum Gasteiger partial charge on any atom is 0.239 e. The van der Waals surface area contributed by atoms with Crippen molar-refractivity contribution in [1.29, 1.82) is 0 Å². The van der Waals surface area contributed by atoms with Crippen molar-refractivity contribution in [2.24, 2.45) is 0 Å². The number of aliphatic hydroxyl groups is 12. The molecule has 24 heteroatoms. The Morgan fingerprint density at radius 2 is 1.29 bits per heavy atom. The van der Waals surface area contributed by atoms with Gasteiger partial charge in [0.25, 0.3) is 0 Å². The molecule has 0 aliphatic carbocycles. The van der Waals surface area contributed by atoms with E-state index in [2.05, 4.69) is 0 Å². The molecule has 62 heavy (non-hydrogen) atoms. The fourth-order valence-corrected chi connectivity index (χ4v) is 7.33. The summed E-state index contributed by atoms with van der Waals surface area (Å²) in [6, 6.07) is 7.02. The van der Waals surface area contributed by atoms with E-state index in [4.69, 9.17) is 42.3 Å². The van der Waals surface area contributed by atoms with Gasteiger partial charge in [-0.3, -0.25) is 4.79 Å².